The molecule has 0 saturated heterocycles. The van der Waals surface area contributed by atoms with Crippen LogP contribution < -0.4 is 4.89 Å². The Morgan fingerprint density at radius 1 is 1.27 bits per heavy atom. The van der Waals surface area contributed by atoms with Gasteiger partial charge in [-0.15, -0.1) is 0 Å². The Morgan fingerprint density at radius 3 is 2.27 bits per heavy atom. The minimum Gasteiger partial charge on any atom is -0.386 e. The molecule has 0 aliphatic rings. The Hall–Kier alpha value is -1.06. The zero-order valence-corrected chi connectivity index (χ0v) is 9.61. The third-order valence-electron chi connectivity index (χ3n) is 2.41. The van der Waals surface area contributed by atoms with Gasteiger partial charge in [0.2, 0.25) is 0 Å². The number of aliphatic hydroxyl groups is 1. The molecule has 84 valence electrons. The first-order valence-corrected chi connectivity index (χ1v) is 5.04. The monoisotopic (exact) mass is 210 g/mol. The minimum absolute atomic E-state index is 0.319. The molecule has 0 bridgehead atoms. The zero-order chi connectivity index (χ0) is 11.6. The summed E-state index contributed by atoms with van der Waals surface area (Å²) in [7, 11) is 0. The highest BCUT2D eigenvalue weighted by Crippen LogP contribution is 2.31. The normalized spacial score (nSPS) is 11.9. The summed E-state index contributed by atoms with van der Waals surface area (Å²) < 4.78 is 0. The molecule has 0 amide bonds. The van der Waals surface area contributed by atoms with E-state index in [2.05, 4.69) is 18.7 Å². The van der Waals surface area contributed by atoms with Crippen LogP contribution in [0.25, 0.3) is 0 Å². The van der Waals surface area contributed by atoms with E-state index in [1.54, 1.807) is 26.0 Å². The van der Waals surface area contributed by atoms with Crippen LogP contribution in [0.4, 0.5) is 0 Å². The zero-order valence-electron chi connectivity index (χ0n) is 9.61. The lowest BCUT2D eigenvalue weighted by Crippen LogP contribution is -2.18. The smallest absolute Gasteiger partial charge is 0.165 e. The summed E-state index contributed by atoms with van der Waals surface area (Å²) in [4.78, 5) is 4.17. The van der Waals surface area contributed by atoms with E-state index in [9.17, 15) is 5.11 Å². The predicted molar refractivity (Wildman–Crippen MR) is 59.0 cm³/mol. The molecule has 3 heteroatoms. The Balaban J connectivity index is 3.29. The fourth-order valence-electron chi connectivity index (χ4n) is 1.63. The van der Waals surface area contributed by atoms with Crippen molar-refractivity contribution in [1.82, 2.24) is 0 Å². The van der Waals surface area contributed by atoms with Gasteiger partial charge in [0.1, 0.15) is 0 Å². The second kappa shape index (κ2) is 4.21. The van der Waals surface area contributed by atoms with Gasteiger partial charge in [0.15, 0.2) is 5.75 Å². The van der Waals surface area contributed by atoms with Crippen LogP contribution in [0.1, 0.15) is 44.7 Å². The van der Waals surface area contributed by atoms with Gasteiger partial charge in [0.25, 0.3) is 0 Å². The molecule has 0 atom stereocenters. The van der Waals surface area contributed by atoms with Crippen LogP contribution in [0.15, 0.2) is 18.2 Å². The molecule has 2 N–H and O–H groups in total. The van der Waals surface area contributed by atoms with Crippen molar-refractivity contribution in [2.45, 2.75) is 39.2 Å². The number of rotatable bonds is 3. The van der Waals surface area contributed by atoms with Crippen LogP contribution in [-0.2, 0) is 5.60 Å². The second-order valence-electron chi connectivity index (χ2n) is 4.55. The van der Waals surface area contributed by atoms with Crippen molar-refractivity contribution in [2.75, 3.05) is 0 Å². The van der Waals surface area contributed by atoms with E-state index in [4.69, 9.17) is 5.26 Å². The lowest BCUT2D eigenvalue weighted by Gasteiger charge is -2.23. The molecule has 1 rings (SSSR count). The first-order chi connectivity index (χ1) is 6.86. The first kappa shape index (κ1) is 12.0. The number of benzene rings is 1. The molecule has 15 heavy (non-hydrogen) atoms. The standard InChI is InChI=1S/C12H18O3/c1-8(2)10-6-5-9(15-14)7-11(10)12(3,4)13/h5-8,13-14H,1-4H3. The molecule has 0 aromatic heterocycles. The summed E-state index contributed by atoms with van der Waals surface area (Å²) in [6.07, 6.45) is 0. The fourth-order valence-corrected chi connectivity index (χ4v) is 1.63. The SMILES string of the molecule is CC(C)c1ccc(OO)cc1C(C)(C)O. The van der Waals surface area contributed by atoms with E-state index in [1.807, 2.05) is 6.07 Å². The van der Waals surface area contributed by atoms with E-state index in [-0.39, 0.29) is 0 Å². The molecule has 1 aromatic carbocycles. The Morgan fingerprint density at radius 2 is 1.87 bits per heavy atom. The number of hydrogen-bond donors (Lipinski definition) is 2. The van der Waals surface area contributed by atoms with Gasteiger partial charge in [0, 0.05) is 0 Å². The average molecular weight is 210 g/mol. The summed E-state index contributed by atoms with van der Waals surface area (Å²) >= 11 is 0. The maximum Gasteiger partial charge on any atom is 0.165 e. The van der Waals surface area contributed by atoms with Crippen molar-refractivity contribution in [3.05, 3.63) is 29.3 Å². The quantitative estimate of drug-likeness (QED) is 0.595. The summed E-state index contributed by atoms with van der Waals surface area (Å²) in [6.45, 7) is 7.55. The predicted octanol–water partition coefficient (Wildman–Crippen LogP) is 2.89. The van der Waals surface area contributed by atoms with Crippen molar-refractivity contribution < 1.29 is 15.3 Å². The second-order valence-corrected chi connectivity index (χ2v) is 4.55. The highest BCUT2D eigenvalue weighted by Gasteiger charge is 2.22. The molecule has 0 heterocycles. The van der Waals surface area contributed by atoms with E-state index in [1.165, 1.54) is 0 Å². The highest BCUT2D eigenvalue weighted by molar-refractivity contribution is 5.40. The minimum atomic E-state index is -0.936. The van der Waals surface area contributed by atoms with E-state index in [0.29, 0.717) is 11.7 Å². The molecule has 1 aromatic rings. The molecule has 0 saturated carbocycles. The molecule has 0 aliphatic heterocycles. The van der Waals surface area contributed by atoms with Crippen LogP contribution >= 0.6 is 0 Å². The molecule has 0 radical (unpaired) electrons. The lowest BCUT2D eigenvalue weighted by molar-refractivity contribution is -0.137. The number of hydrogen-bond acceptors (Lipinski definition) is 3. The molecular weight excluding hydrogens is 192 g/mol. The molecular formula is C12H18O3. The average Bonchev–Trinajstić information content (AvgIpc) is 2.15. The first-order valence-electron chi connectivity index (χ1n) is 5.04. The lowest BCUT2D eigenvalue weighted by atomic mass is 9.88. The maximum atomic E-state index is 10.0. The molecule has 0 fully saturated rings. The highest BCUT2D eigenvalue weighted by atomic mass is 17.1. The van der Waals surface area contributed by atoms with Crippen LogP contribution in [0.3, 0.4) is 0 Å². The molecule has 0 aliphatic carbocycles. The topological polar surface area (TPSA) is 49.7 Å². The van der Waals surface area contributed by atoms with Gasteiger partial charge in [-0.3, -0.25) is 0 Å². The Bertz CT molecular complexity index is 337. The van der Waals surface area contributed by atoms with Crippen LogP contribution in [-0.4, -0.2) is 10.4 Å². The van der Waals surface area contributed by atoms with Gasteiger partial charge in [0.05, 0.1) is 5.60 Å². The summed E-state index contributed by atoms with van der Waals surface area (Å²) in [5.74, 6) is 0.663. The molecule has 3 nitrogen and oxygen atoms in total. The fraction of sp³-hybridized carbons (Fsp3) is 0.500. The summed E-state index contributed by atoms with van der Waals surface area (Å²) in [5.41, 5.74) is 0.904. The van der Waals surface area contributed by atoms with Gasteiger partial charge < -0.3 is 9.99 Å². The van der Waals surface area contributed by atoms with E-state index >= 15 is 0 Å². The van der Waals surface area contributed by atoms with E-state index in [0.717, 1.165) is 11.1 Å². The van der Waals surface area contributed by atoms with E-state index < -0.39 is 5.60 Å². The van der Waals surface area contributed by atoms with Crippen molar-refractivity contribution in [3.8, 4) is 5.75 Å². The largest absolute Gasteiger partial charge is 0.386 e. The van der Waals surface area contributed by atoms with Gasteiger partial charge in [-0.25, -0.2) is 5.26 Å². The van der Waals surface area contributed by atoms with Crippen molar-refractivity contribution >= 4 is 0 Å². The summed E-state index contributed by atoms with van der Waals surface area (Å²) in [6, 6.07) is 5.21. The maximum absolute atomic E-state index is 10.0. The Kier molecular flexibility index (Phi) is 3.37. The third-order valence-corrected chi connectivity index (χ3v) is 2.41. The van der Waals surface area contributed by atoms with Crippen molar-refractivity contribution in [2.24, 2.45) is 0 Å². The van der Waals surface area contributed by atoms with Gasteiger partial charge in [-0.1, -0.05) is 19.9 Å². The van der Waals surface area contributed by atoms with Crippen molar-refractivity contribution in [1.29, 1.82) is 0 Å². The van der Waals surface area contributed by atoms with Gasteiger partial charge in [-0.2, -0.15) is 0 Å². The Labute approximate surface area is 90.3 Å². The van der Waals surface area contributed by atoms with Gasteiger partial charge in [-0.05, 0) is 43.0 Å². The van der Waals surface area contributed by atoms with Crippen LogP contribution in [0.5, 0.6) is 5.75 Å². The summed E-state index contributed by atoms with van der Waals surface area (Å²) in [5, 5.41) is 18.6. The molecule has 0 unspecified atom stereocenters. The van der Waals surface area contributed by atoms with Crippen LogP contribution in [0.2, 0.25) is 0 Å². The van der Waals surface area contributed by atoms with Crippen LogP contribution in [0, 0.1) is 0 Å². The molecule has 0 spiro atoms. The van der Waals surface area contributed by atoms with Crippen molar-refractivity contribution in [3.63, 3.8) is 0 Å². The third kappa shape index (κ3) is 2.70. The van der Waals surface area contributed by atoms with Gasteiger partial charge >= 0.3 is 0 Å².